The van der Waals surface area contributed by atoms with Crippen molar-refractivity contribution in [2.75, 3.05) is 0 Å². The van der Waals surface area contributed by atoms with Crippen LogP contribution in [-0.2, 0) is 13.0 Å². The Labute approximate surface area is 164 Å². The Morgan fingerprint density at radius 3 is 2.57 bits per heavy atom. The van der Waals surface area contributed by atoms with Crippen LogP contribution in [0.4, 0.5) is 4.79 Å². The van der Waals surface area contributed by atoms with Crippen LogP contribution in [-0.4, -0.2) is 16.2 Å². The summed E-state index contributed by atoms with van der Waals surface area (Å²) in [5.41, 5.74) is 3.58. The lowest BCUT2D eigenvalue weighted by atomic mass is 10.1. The molecular formula is C22H24N4O2. The molecule has 1 aliphatic carbocycles. The lowest BCUT2D eigenvalue weighted by molar-refractivity contribution is 0.233. The van der Waals surface area contributed by atoms with Crippen LogP contribution in [0, 0.1) is 0 Å². The molecule has 0 saturated heterocycles. The van der Waals surface area contributed by atoms with E-state index in [4.69, 9.17) is 4.52 Å². The predicted molar refractivity (Wildman–Crippen MR) is 106 cm³/mol. The Morgan fingerprint density at radius 1 is 1.11 bits per heavy atom. The van der Waals surface area contributed by atoms with Crippen LogP contribution in [0.1, 0.15) is 60.1 Å². The zero-order valence-corrected chi connectivity index (χ0v) is 15.9. The van der Waals surface area contributed by atoms with Crippen molar-refractivity contribution >= 4 is 6.03 Å². The molecule has 1 aliphatic rings. The smallest absolute Gasteiger partial charge is 0.315 e. The second-order valence-corrected chi connectivity index (χ2v) is 7.28. The summed E-state index contributed by atoms with van der Waals surface area (Å²) in [6.45, 7) is 2.30. The van der Waals surface area contributed by atoms with E-state index in [0.29, 0.717) is 24.7 Å². The van der Waals surface area contributed by atoms with Crippen molar-refractivity contribution in [2.24, 2.45) is 0 Å². The number of urea groups is 1. The van der Waals surface area contributed by atoms with E-state index >= 15 is 0 Å². The monoisotopic (exact) mass is 376 g/mol. The first-order valence-electron chi connectivity index (χ1n) is 9.67. The van der Waals surface area contributed by atoms with Gasteiger partial charge < -0.3 is 15.2 Å². The summed E-state index contributed by atoms with van der Waals surface area (Å²) in [6, 6.07) is 17.8. The first kappa shape index (κ1) is 18.2. The van der Waals surface area contributed by atoms with Gasteiger partial charge in [-0.1, -0.05) is 59.8 Å². The van der Waals surface area contributed by atoms with Crippen molar-refractivity contribution in [3.05, 3.63) is 83.0 Å². The molecule has 0 spiro atoms. The Hall–Kier alpha value is -3.15. The van der Waals surface area contributed by atoms with E-state index in [0.717, 1.165) is 17.0 Å². The Morgan fingerprint density at radius 2 is 1.86 bits per heavy atom. The second kappa shape index (κ2) is 8.25. The van der Waals surface area contributed by atoms with Crippen LogP contribution in [0.5, 0.6) is 0 Å². The predicted octanol–water partition coefficient (Wildman–Crippen LogP) is 4.10. The van der Waals surface area contributed by atoms with Crippen LogP contribution >= 0.6 is 0 Å². The van der Waals surface area contributed by atoms with Crippen molar-refractivity contribution in [3.8, 4) is 0 Å². The van der Waals surface area contributed by atoms with E-state index in [2.05, 4.69) is 45.0 Å². The molecule has 144 valence electrons. The molecule has 1 heterocycles. The number of rotatable bonds is 7. The van der Waals surface area contributed by atoms with Gasteiger partial charge in [0, 0.05) is 13.0 Å². The molecule has 6 nitrogen and oxygen atoms in total. The van der Waals surface area contributed by atoms with Gasteiger partial charge in [0.1, 0.15) is 6.04 Å². The lowest BCUT2D eigenvalue weighted by Crippen LogP contribution is -2.36. The van der Waals surface area contributed by atoms with E-state index in [-0.39, 0.29) is 12.1 Å². The van der Waals surface area contributed by atoms with Gasteiger partial charge in [-0.3, -0.25) is 0 Å². The van der Waals surface area contributed by atoms with Gasteiger partial charge in [0.05, 0.1) is 0 Å². The summed E-state index contributed by atoms with van der Waals surface area (Å²) in [4.78, 5) is 16.6. The summed E-state index contributed by atoms with van der Waals surface area (Å²) in [5.74, 6) is 1.74. The van der Waals surface area contributed by atoms with Gasteiger partial charge in [0.15, 0.2) is 5.82 Å². The normalized spacial score (nSPS) is 14.5. The molecule has 1 aromatic heterocycles. The number of carbonyl (C=O) groups is 1. The number of hydrogen-bond acceptors (Lipinski definition) is 4. The molecule has 6 heteroatoms. The van der Waals surface area contributed by atoms with Crippen molar-refractivity contribution in [3.63, 3.8) is 0 Å². The Balaban J connectivity index is 1.26. The molecule has 0 aliphatic heterocycles. The fraction of sp³-hybridized carbons (Fsp3) is 0.318. The van der Waals surface area contributed by atoms with Crippen LogP contribution in [0.15, 0.2) is 59.1 Å². The maximum absolute atomic E-state index is 12.2. The van der Waals surface area contributed by atoms with Crippen LogP contribution in [0.3, 0.4) is 0 Å². The highest BCUT2D eigenvalue weighted by Gasteiger charge is 2.23. The van der Waals surface area contributed by atoms with Gasteiger partial charge in [-0.15, -0.1) is 0 Å². The molecule has 1 unspecified atom stereocenters. The SMILES string of the molecule is CC(NC(=O)NCc1ccc(C2CC2)cc1)c1nc(Cc2ccccc2)no1. The number of aromatic nitrogens is 2. The Bertz CT molecular complexity index is 917. The van der Waals surface area contributed by atoms with Gasteiger partial charge in [-0.25, -0.2) is 4.79 Å². The first-order valence-corrected chi connectivity index (χ1v) is 9.67. The fourth-order valence-electron chi connectivity index (χ4n) is 3.11. The van der Waals surface area contributed by atoms with Crippen molar-refractivity contribution in [1.29, 1.82) is 0 Å². The zero-order valence-electron chi connectivity index (χ0n) is 15.9. The molecule has 28 heavy (non-hydrogen) atoms. The maximum Gasteiger partial charge on any atom is 0.315 e. The average Bonchev–Trinajstić information content (AvgIpc) is 3.46. The van der Waals surface area contributed by atoms with Crippen molar-refractivity contribution < 1.29 is 9.32 Å². The number of carbonyl (C=O) groups excluding carboxylic acids is 1. The summed E-state index contributed by atoms with van der Waals surface area (Å²) in [7, 11) is 0. The highest BCUT2D eigenvalue weighted by atomic mass is 16.5. The van der Waals surface area contributed by atoms with E-state index in [1.807, 2.05) is 37.3 Å². The fourth-order valence-corrected chi connectivity index (χ4v) is 3.11. The summed E-state index contributed by atoms with van der Waals surface area (Å²) in [6.07, 6.45) is 3.18. The molecule has 3 aromatic rings. The van der Waals surface area contributed by atoms with Gasteiger partial charge in [0.25, 0.3) is 0 Å². The third-order valence-corrected chi connectivity index (χ3v) is 4.89. The summed E-state index contributed by atoms with van der Waals surface area (Å²) >= 11 is 0. The minimum absolute atomic E-state index is 0.262. The van der Waals surface area contributed by atoms with Gasteiger partial charge in [-0.05, 0) is 42.4 Å². The molecule has 0 bridgehead atoms. The second-order valence-electron chi connectivity index (χ2n) is 7.28. The first-order chi connectivity index (χ1) is 13.7. The summed E-state index contributed by atoms with van der Waals surface area (Å²) < 4.78 is 5.30. The molecule has 2 aromatic carbocycles. The van der Waals surface area contributed by atoms with Crippen LogP contribution in [0.2, 0.25) is 0 Å². The van der Waals surface area contributed by atoms with Crippen molar-refractivity contribution in [2.45, 2.75) is 44.7 Å². The quantitative estimate of drug-likeness (QED) is 0.651. The van der Waals surface area contributed by atoms with E-state index in [9.17, 15) is 4.79 Å². The molecule has 1 fully saturated rings. The number of nitrogens with one attached hydrogen (secondary N) is 2. The van der Waals surface area contributed by atoms with Gasteiger partial charge >= 0.3 is 6.03 Å². The molecule has 0 radical (unpaired) electrons. The standard InChI is InChI=1S/C22H24N4O2/c1-15(21-25-20(26-28-21)13-16-5-3-2-4-6-16)24-22(27)23-14-17-7-9-18(10-8-17)19-11-12-19/h2-10,15,19H,11-14H2,1H3,(H2,23,24,27). The number of nitrogens with zero attached hydrogens (tertiary/aromatic N) is 2. The molecule has 1 atom stereocenters. The topological polar surface area (TPSA) is 80.0 Å². The van der Waals surface area contributed by atoms with Crippen LogP contribution < -0.4 is 10.6 Å². The number of benzene rings is 2. The molecule has 2 N–H and O–H groups in total. The minimum Gasteiger partial charge on any atom is -0.337 e. The molecule has 2 amide bonds. The third kappa shape index (κ3) is 4.76. The number of amides is 2. The highest BCUT2D eigenvalue weighted by Crippen LogP contribution is 2.39. The van der Waals surface area contributed by atoms with E-state index < -0.39 is 0 Å². The van der Waals surface area contributed by atoms with Gasteiger partial charge in [-0.2, -0.15) is 4.98 Å². The zero-order chi connectivity index (χ0) is 19.3. The average molecular weight is 376 g/mol. The Kier molecular flexibility index (Phi) is 5.37. The molecule has 1 saturated carbocycles. The van der Waals surface area contributed by atoms with E-state index in [1.54, 1.807) is 0 Å². The van der Waals surface area contributed by atoms with E-state index in [1.165, 1.54) is 18.4 Å². The molecule has 4 rings (SSSR count). The third-order valence-electron chi connectivity index (χ3n) is 4.89. The molecular weight excluding hydrogens is 352 g/mol. The largest absolute Gasteiger partial charge is 0.337 e. The van der Waals surface area contributed by atoms with Crippen molar-refractivity contribution in [1.82, 2.24) is 20.8 Å². The highest BCUT2D eigenvalue weighted by molar-refractivity contribution is 5.74. The minimum atomic E-state index is -0.366. The van der Waals surface area contributed by atoms with Gasteiger partial charge in [0.2, 0.25) is 5.89 Å². The summed E-state index contributed by atoms with van der Waals surface area (Å²) in [5, 5.41) is 9.71. The number of hydrogen-bond donors (Lipinski definition) is 2. The lowest BCUT2D eigenvalue weighted by Gasteiger charge is -2.11. The maximum atomic E-state index is 12.2. The van der Waals surface area contributed by atoms with Crippen LogP contribution in [0.25, 0.3) is 0 Å².